The van der Waals surface area contributed by atoms with Gasteiger partial charge >= 0.3 is 0 Å². The van der Waals surface area contributed by atoms with Gasteiger partial charge in [0, 0.05) is 12.1 Å². The highest BCUT2D eigenvalue weighted by atomic mass is 16.3. The number of hydrogen-bond donors (Lipinski definition) is 2. The van der Waals surface area contributed by atoms with Crippen LogP contribution in [-0.2, 0) is 6.42 Å². The van der Waals surface area contributed by atoms with Crippen molar-refractivity contribution in [3.63, 3.8) is 0 Å². The third-order valence-corrected chi connectivity index (χ3v) is 3.24. The lowest BCUT2D eigenvalue weighted by molar-refractivity contribution is 0.240. The Hall–Kier alpha value is -1.64. The van der Waals surface area contributed by atoms with E-state index in [2.05, 4.69) is 53.8 Å². The van der Waals surface area contributed by atoms with Gasteiger partial charge in [-0.3, -0.25) is 0 Å². The summed E-state index contributed by atoms with van der Waals surface area (Å²) in [5.74, 6) is 0. The Morgan fingerprint density at radius 3 is 2.11 bits per heavy atom. The molecule has 2 nitrogen and oxygen atoms in total. The van der Waals surface area contributed by atoms with Gasteiger partial charge in [0.05, 0.1) is 6.61 Å². The molecule has 2 atom stereocenters. The molecule has 2 unspecified atom stereocenters. The fraction of sp³-hybridized carbons (Fsp3) is 0.294. The van der Waals surface area contributed by atoms with Crippen molar-refractivity contribution in [2.75, 3.05) is 6.61 Å². The maximum Gasteiger partial charge on any atom is 0.0582 e. The molecule has 2 N–H and O–H groups in total. The van der Waals surface area contributed by atoms with Gasteiger partial charge in [-0.25, -0.2) is 0 Å². The quantitative estimate of drug-likeness (QED) is 0.832. The predicted molar refractivity (Wildman–Crippen MR) is 79.0 cm³/mol. The molecule has 0 saturated carbocycles. The molecule has 0 aliphatic carbocycles. The van der Waals surface area contributed by atoms with E-state index in [1.165, 1.54) is 11.1 Å². The Morgan fingerprint density at radius 2 is 1.53 bits per heavy atom. The van der Waals surface area contributed by atoms with Crippen molar-refractivity contribution in [1.82, 2.24) is 5.32 Å². The average molecular weight is 255 g/mol. The molecule has 0 aromatic heterocycles. The van der Waals surface area contributed by atoms with Crippen molar-refractivity contribution in [3.05, 3.63) is 71.8 Å². The monoisotopic (exact) mass is 255 g/mol. The smallest absolute Gasteiger partial charge is 0.0582 e. The first-order chi connectivity index (χ1) is 9.29. The van der Waals surface area contributed by atoms with Crippen LogP contribution in [0.15, 0.2) is 60.7 Å². The first-order valence-corrected chi connectivity index (χ1v) is 6.75. The fourth-order valence-corrected chi connectivity index (χ4v) is 2.20. The van der Waals surface area contributed by atoms with Gasteiger partial charge in [0.2, 0.25) is 0 Å². The Labute approximate surface area is 115 Å². The number of nitrogens with one attached hydrogen (secondary N) is 1. The number of rotatable bonds is 6. The van der Waals surface area contributed by atoms with Gasteiger partial charge < -0.3 is 10.4 Å². The lowest BCUT2D eigenvalue weighted by Gasteiger charge is -2.23. The summed E-state index contributed by atoms with van der Waals surface area (Å²) >= 11 is 0. The van der Waals surface area contributed by atoms with Crippen molar-refractivity contribution < 1.29 is 5.11 Å². The van der Waals surface area contributed by atoms with Crippen LogP contribution >= 0.6 is 0 Å². The molecule has 19 heavy (non-hydrogen) atoms. The van der Waals surface area contributed by atoms with Crippen LogP contribution in [0.1, 0.15) is 24.1 Å². The zero-order valence-corrected chi connectivity index (χ0v) is 11.3. The SMILES string of the molecule is CC(CO)NC(Cc1ccccc1)c1ccccc1. The number of benzene rings is 2. The van der Waals surface area contributed by atoms with Crippen LogP contribution in [-0.4, -0.2) is 17.8 Å². The summed E-state index contributed by atoms with van der Waals surface area (Å²) in [6.07, 6.45) is 0.926. The third-order valence-electron chi connectivity index (χ3n) is 3.24. The summed E-state index contributed by atoms with van der Waals surface area (Å²) in [6.45, 7) is 2.15. The second-order valence-corrected chi connectivity index (χ2v) is 4.90. The van der Waals surface area contributed by atoms with Gasteiger partial charge in [-0.15, -0.1) is 0 Å². The third kappa shape index (κ3) is 4.19. The summed E-state index contributed by atoms with van der Waals surface area (Å²) in [4.78, 5) is 0. The molecule has 0 radical (unpaired) electrons. The maximum atomic E-state index is 9.23. The van der Waals surface area contributed by atoms with E-state index in [9.17, 15) is 5.11 Å². The molecule has 0 aliphatic rings. The highest BCUT2D eigenvalue weighted by Crippen LogP contribution is 2.18. The minimum atomic E-state index is 0.0916. The standard InChI is InChI=1S/C17H21NO/c1-14(13-19)18-17(16-10-6-3-7-11-16)12-15-8-4-2-5-9-15/h2-11,14,17-19H,12-13H2,1H3. The highest BCUT2D eigenvalue weighted by Gasteiger charge is 2.14. The van der Waals surface area contributed by atoms with Gasteiger partial charge in [0.1, 0.15) is 0 Å². The molecule has 0 fully saturated rings. The topological polar surface area (TPSA) is 32.3 Å². The predicted octanol–water partition coefficient (Wildman–Crippen LogP) is 2.94. The van der Waals surface area contributed by atoms with E-state index in [4.69, 9.17) is 0 Å². The molecule has 2 heteroatoms. The Kier molecular flexibility index (Phi) is 5.13. The summed E-state index contributed by atoms with van der Waals surface area (Å²) in [7, 11) is 0. The number of aliphatic hydroxyl groups excluding tert-OH is 1. The van der Waals surface area contributed by atoms with Gasteiger partial charge in [0.15, 0.2) is 0 Å². The molecule has 0 spiro atoms. The van der Waals surface area contributed by atoms with E-state index in [0.717, 1.165) is 6.42 Å². The van der Waals surface area contributed by atoms with Gasteiger partial charge in [-0.2, -0.15) is 0 Å². The van der Waals surface area contributed by atoms with E-state index in [1.54, 1.807) is 0 Å². The summed E-state index contributed by atoms with van der Waals surface area (Å²) in [6, 6.07) is 21.2. The molecule has 2 aromatic carbocycles. The zero-order valence-electron chi connectivity index (χ0n) is 11.3. The van der Waals surface area contributed by atoms with Crippen LogP contribution < -0.4 is 5.32 Å². The van der Waals surface area contributed by atoms with Crippen LogP contribution in [0.5, 0.6) is 0 Å². The molecule has 100 valence electrons. The van der Waals surface area contributed by atoms with Crippen LogP contribution in [0.4, 0.5) is 0 Å². The van der Waals surface area contributed by atoms with E-state index in [0.29, 0.717) is 0 Å². The van der Waals surface area contributed by atoms with E-state index in [1.807, 2.05) is 19.1 Å². The average Bonchev–Trinajstić information content (AvgIpc) is 2.48. The Morgan fingerprint density at radius 1 is 0.947 bits per heavy atom. The Bertz CT molecular complexity index is 469. The molecular weight excluding hydrogens is 234 g/mol. The van der Waals surface area contributed by atoms with Crippen molar-refractivity contribution in [2.24, 2.45) is 0 Å². The van der Waals surface area contributed by atoms with E-state index < -0.39 is 0 Å². The first-order valence-electron chi connectivity index (χ1n) is 6.75. The van der Waals surface area contributed by atoms with E-state index in [-0.39, 0.29) is 18.7 Å². The van der Waals surface area contributed by atoms with Crippen molar-refractivity contribution in [2.45, 2.75) is 25.4 Å². The van der Waals surface area contributed by atoms with Crippen molar-refractivity contribution in [1.29, 1.82) is 0 Å². The second kappa shape index (κ2) is 7.07. The van der Waals surface area contributed by atoms with Gasteiger partial charge in [-0.05, 0) is 24.5 Å². The number of aliphatic hydroxyl groups is 1. The zero-order chi connectivity index (χ0) is 13.5. The van der Waals surface area contributed by atoms with Crippen LogP contribution in [0, 0.1) is 0 Å². The van der Waals surface area contributed by atoms with Crippen LogP contribution in [0.25, 0.3) is 0 Å². The molecule has 0 heterocycles. The maximum absolute atomic E-state index is 9.23. The summed E-state index contributed by atoms with van der Waals surface area (Å²) < 4.78 is 0. The van der Waals surface area contributed by atoms with Crippen molar-refractivity contribution >= 4 is 0 Å². The Balaban J connectivity index is 2.15. The van der Waals surface area contributed by atoms with Gasteiger partial charge in [0.25, 0.3) is 0 Å². The molecule has 0 bridgehead atoms. The van der Waals surface area contributed by atoms with Gasteiger partial charge in [-0.1, -0.05) is 60.7 Å². The van der Waals surface area contributed by atoms with E-state index >= 15 is 0 Å². The molecule has 0 aliphatic heterocycles. The minimum Gasteiger partial charge on any atom is -0.395 e. The van der Waals surface area contributed by atoms with Crippen LogP contribution in [0.3, 0.4) is 0 Å². The highest BCUT2D eigenvalue weighted by molar-refractivity contribution is 5.23. The lowest BCUT2D eigenvalue weighted by Crippen LogP contribution is -2.34. The molecule has 2 aromatic rings. The van der Waals surface area contributed by atoms with Crippen LogP contribution in [0.2, 0.25) is 0 Å². The lowest BCUT2D eigenvalue weighted by atomic mass is 9.98. The summed E-state index contributed by atoms with van der Waals surface area (Å²) in [5, 5.41) is 12.7. The minimum absolute atomic E-state index is 0.0916. The normalized spacial score (nSPS) is 14.0. The summed E-state index contributed by atoms with van der Waals surface area (Å²) in [5.41, 5.74) is 2.56. The molecule has 0 saturated heterocycles. The first kappa shape index (κ1) is 13.8. The second-order valence-electron chi connectivity index (χ2n) is 4.90. The largest absolute Gasteiger partial charge is 0.395 e. The molecule has 2 rings (SSSR count). The molecule has 0 amide bonds. The molecular formula is C17H21NO. The fourth-order valence-electron chi connectivity index (χ4n) is 2.20. The van der Waals surface area contributed by atoms with Crippen molar-refractivity contribution in [3.8, 4) is 0 Å². The number of hydrogen-bond acceptors (Lipinski definition) is 2.